The quantitative estimate of drug-likeness (QED) is 0.641. The number of anilines is 1. The molecule has 1 N–H and O–H groups in total. The summed E-state index contributed by atoms with van der Waals surface area (Å²) in [6.07, 6.45) is 1.47. The first-order chi connectivity index (χ1) is 12.2. The molecule has 0 unspecified atom stereocenters. The normalized spacial score (nSPS) is 14.7. The van der Waals surface area contributed by atoms with Crippen LogP contribution in [0.1, 0.15) is 11.3 Å². The fourth-order valence-electron chi connectivity index (χ4n) is 2.43. The van der Waals surface area contributed by atoms with Crippen molar-refractivity contribution in [3.8, 4) is 5.75 Å². The summed E-state index contributed by atoms with van der Waals surface area (Å²) in [5.41, 5.74) is 3.40. The second-order valence-corrected chi connectivity index (χ2v) is 5.62. The number of ether oxygens (including phenoxy) is 2. The standard InChI is InChI=1S/C18H21N3O4/c1-14-4-2-3-5-16(14)24-13-17(22)20-19-12-15-6-7-18(25-15)21-8-10-23-11-9-21/h2-7,12H,8-11,13H2,1H3,(H,20,22). The van der Waals surface area contributed by atoms with Crippen LogP contribution in [-0.2, 0) is 9.53 Å². The Morgan fingerprint density at radius 3 is 2.88 bits per heavy atom. The van der Waals surface area contributed by atoms with Gasteiger partial charge in [0.1, 0.15) is 11.5 Å². The van der Waals surface area contributed by atoms with Gasteiger partial charge in [0.25, 0.3) is 5.91 Å². The van der Waals surface area contributed by atoms with Crippen LogP contribution >= 0.6 is 0 Å². The zero-order valence-electron chi connectivity index (χ0n) is 14.1. The van der Waals surface area contributed by atoms with Crippen molar-refractivity contribution in [2.45, 2.75) is 6.92 Å². The van der Waals surface area contributed by atoms with E-state index in [0.29, 0.717) is 24.7 Å². The van der Waals surface area contributed by atoms with Crippen LogP contribution in [0.5, 0.6) is 5.75 Å². The zero-order valence-corrected chi connectivity index (χ0v) is 14.1. The Kier molecular flexibility index (Phi) is 5.69. The van der Waals surface area contributed by atoms with E-state index in [-0.39, 0.29) is 12.5 Å². The molecule has 0 atom stereocenters. The van der Waals surface area contributed by atoms with E-state index in [4.69, 9.17) is 13.9 Å². The van der Waals surface area contributed by atoms with Crippen LogP contribution in [0.4, 0.5) is 5.88 Å². The Hall–Kier alpha value is -2.80. The van der Waals surface area contributed by atoms with Crippen LogP contribution in [0.15, 0.2) is 45.9 Å². The number of nitrogens with one attached hydrogen (secondary N) is 1. The van der Waals surface area contributed by atoms with E-state index in [1.807, 2.05) is 43.3 Å². The SMILES string of the molecule is Cc1ccccc1OCC(=O)NN=Cc1ccc(N2CCOCC2)o1. The third-order valence-corrected chi connectivity index (χ3v) is 3.77. The van der Waals surface area contributed by atoms with E-state index in [1.165, 1.54) is 6.21 Å². The van der Waals surface area contributed by atoms with Crippen molar-refractivity contribution >= 4 is 18.0 Å². The molecule has 0 spiro atoms. The van der Waals surface area contributed by atoms with Gasteiger partial charge in [0.15, 0.2) is 12.5 Å². The van der Waals surface area contributed by atoms with Gasteiger partial charge in [0, 0.05) is 19.2 Å². The summed E-state index contributed by atoms with van der Waals surface area (Å²) in [5, 5.41) is 3.89. The number of furan rings is 1. The van der Waals surface area contributed by atoms with E-state index in [1.54, 1.807) is 0 Å². The first-order valence-corrected chi connectivity index (χ1v) is 8.15. The van der Waals surface area contributed by atoms with Crippen molar-refractivity contribution in [3.63, 3.8) is 0 Å². The first kappa shape index (κ1) is 17.0. The molecule has 1 aliphatic rings. The summed E-state index contributed by atoms with van der Waals surface area (Å²) in [6.45, 7) is 4.82. The number of carbonyl (C=O) groups is 1. The van der Waals surface area contributed by atoms with Crippen molar-refractivity contribution in [2.24, 2.45) is 5.10 Å². The number of hydrogen-bond acceptors (Lipinski definition) is 6. The molecule has 1 aromatic carbocycles. The Labute approximate surface area is 146 Å². The molecule has 1 fully saturated rings. The molecule has 1 aliphatic heterocycles. The van der Waals surface area contributed by atoms with E-state index >= 15 is 0 Å². The van der Waals surface area contributed by atoms with Crippen LogP contribution in [0.2, 0.25) is 0 Å². The van der Waals surface area contributed by atoms with Gasteiger partial charge < -0.3 is 18.8 Å². The number of nitrogens with zero attached hydrogens (tertiary/aromatic N) is 2. The predicted octanol–water partition coefficient (Wildman–Crippen LogP) is 1.95. The Balaban J connectivity index is 1.45. The van der Waals surface area contributed by atoms with Gasteiger partial charge in [-0.1, -0.05) is 18.2 Å². The molecule has 1 aromatic heterocycles. The third-order valence-electron chi connectivity index (χ3n) is 3.77. The van der Waals surface area contributed by atoms with Crippen molar-refractivity contribution in [2.75, 3.05) is 37.8 Å². The van der Waals surface area contributed by atoms with Crippen LogP contribution in [0, 0.1) is 6.92 Å². The highest BCUT2D eigenvalue weighted by Crippen LogP contribution is 2.18. The summed E-state index contributed by atoms with van der Waals surface area (Å²) >= 11 is 0. The van der Waals surface area contributed by atoms with Gasteiger partial charge >= 0.3 is 0 Å². The molecule has 3 rings (SSSR count). The molecule has 2 heterocycles. The summed E-state index contributed by atoms with van der Waals surface area (Å²) in [7, 11) is 0. The highest BCUT2D eigenvalue weighted by molar-refractivity contribution is 5.81. The second-order valence-electron chi connectivity index (χ2n) is 5.62. The van der Waals surface area contributed by atoms with Crippen LogP contribution in [0.25, 0.3) is 0 Å². The number of benzene rings is 1. The third kappa shape index (κ3) is 4.84. The predicted molar refractivity (Wildman–Crippen MR) is 94.2 cm³/mol. The van der Waals surface area contributed by atoms with E-state index in [9.17, 15) is 4.79 Å². The van der Waals surface area contributed by atoms with Gasteiger partial charge in [-0.15, -0.1) is 0 Å². The smallest absolute Gasteiger partial charge is 0.277 e. The van der Waals surface area contributed by atoms with Gasteiger partial charge in [-0.25, -0.2) is 5.43 Å². The lowest BCUT2D eigenvalue weighted by Crippen LogP contribution is -2.35. The first-order valence-electron chi connectivity index (χ1n) is 8.15. The minimum atomic E-state index is -0.334. The molecule has 0 saturated carbocycles. The van der Waals surface area contributed by atoms with Crippen LogP contribution in [-0.4, -0.2) is 45.0 Å². The molecule has 132 valence electrons. The second kappa shape index (κ2) is 8.34. The number of aryl methyl sites for hydroxylation is 1. The monoisotopic (exact) mass is 343 g/mol. The van der Waals surface area contributed by atoms with Crippen molar-refractivity contribution in [3.05, 3.63) is 47.7 Å². The van der Waals surface area contributed by atoms with Gasteiger partial charge in [0.05, 0.1) is 19.4 Å². The van der Waals surface area contributed by atoms with Crippen LogP contribution in [0.3, 0.4) is 0 Å². The van der Waals surface area contributed by atoms with Crippen molar-refractivity contribution in [1.29, 1.82) is 0 Å². The maximum atomic E-state index is 11.8. The number of para-hydroxylation sites is 1. The number of carbonyl (C=O) groups excluding carboxylic acids is 1. The molecule has 25 heavy (non-hydrogen) atoms. The number of amides is 1. The lowest BCUT2D eigenvalue weighted by Gasteiger charge is -2.26. The summed E-state index contributed by atoms with van der Waals surface area (Å²) < 4.78 is 16.5. The molecular weight excluding hydrogens is 322 g/mol. The maximum absolute atomic E-state index is 11.8. The fraction of sp³-hybridized carbons (Fsp3) is 0.333. The van der Waals surface area contributed by atoms with Gasteiger partial charge in [-0.05, 0) is 24.6 Å². The van der Waals surface area contributed by atoms with E-state index in [2.05, 4.69) is 15.4 Å². The molecule has 7 nitrogen and oxygen atoms in total. The molecule has 0 bridgehead atoms. The molecular formula is C18H21N3O4. The summed E-state index contributed by atoms with van der Waals surface area (Å²) in [4.78, 5) is 13.9. The largest absolute Gasteiger partial charge is 0.483 e. The molecule has 0 radical (unpaired) electrons. The van der Waals surface area contributed by atoms with Crippen molar-refractivity contribution in [1.82, 2.24) is 5.43 Å². The Bertz CT molecular complexity index is 735. The highest BCUT2D eigenvalue weighted by atomic mass is 16.5. The molecule has 7 heteroatoms. The van der Waals surface area contributed by atoms with Gasteiger partial charge in [-0.3, -0.25) is 4.79 Å². The number of rotatable bonds is 6. The molecule has 1 saturated heterocycles. The lowest BCUT2D eigenvalue weighted by molar-refractivity contribution is -0.123. The summed E-state index contributed by atoms with van der Waals surface area (Å²) in [6, 6.07) is 11.2. The fourth-order valence-corrected chi connectivity index (χ4v) is 2.43. The molecule has 2 aromatic rings. The number of hydrazone groups is 1. The number of hydrogen-bond donors (Lipinski definition) is 1. The average Bonchev–Trinajstić information content (AvgIpc) is 3.11. The summed E-state index contributed by atoms with van der Waals surface area (Å²) in [5.74, 6) is 1.70. The topological polar surface area (TPSA) is 76.3 Å². The minimum Gasteiger partial charge on any atom is -0.483 e. The van der Waals surface area contributed by atoms with Gasteiger partial charge in [-0.2, -0.15) is 5.10 Å². The highest BCUT2D eigenvalue weighted by Gasteiger charge is 2.14. The van der Waals surface area contributed by atoms with E-state index < -0.39 is 0 Å². The Morgan fingerprint density at radius 1 is 1.28 bits per heavy atom. The number of morpholine rings is 1. The minimum absolute atomic E-state index is 0.0978. The molecule has 0 aliphatic carbocycles. The average molecular weight is 343 g/mol. The molecule has 1 amide bonds. The maximum Gasteiger partial charge on any atom is 0.277 e. The van der Waals surface area contributed by atoms with Crippen LogP contribution < -0.4 is 15.1 Å². The van der Waals surface area contributed by atoms with Crippen molar-refractivity contribution < 1.29 is 18.7 Å². The lowest BCUT2D eigenvalue weighted by atomic mass is 10.2. The van der Waals surface area contributed by atoms with Gasteiger partial charge in [0.2, 0.25) is 0 Å². The van der Waals surface area contributed by atoms with E-state index in [0.717, 1.165) is 24.5 Å². The zero-order chi connectivity index (χ0) is 17.5. The Morgan fingerprint density at radius 2 is 2.08 bits per heavy atom.